The van der Waals surface area contributed by atoms with E-state index in [-0.39, 0.29) is 35.8 Å². The van der Waals surface area contributed by atoms with Gasteiger partial charge in [0.25, 0.3) is 11.8 Å². The fourth-order valence-corrected chi connectivity index (χ4v) is 5.80. The maximum Gasteiger partial charge on any atom is 0.251 e. The van der Waals surface area contributed by atoms with Crippen molar-refractivity contribution >= 4 is 38.9 Å². The summed E-state index contributed by atoms with van der Waals surface area (Å²) in [7, 11) is -0.763. The van der Waals surface area contributed by atoms with E-state index in [1.807, 2.05) is 66.9 Å². The molecule has 0 bridgehead atoms. The predicted octanol–water partition coefficient (Wildman–Crippen LogP) is 3.53. The zero-order chi connectivity index (χ0) is 33.3. The molecule has 46 heavy (non-hydrogen) atoms. The van der Waals surface area contributed by atoms with Crippen molar-refractivity contribution in [3.63, 3.8) is 0 Å². The third-order valence-electron chi connectivity index (χ3n) is 7.46. The van der Waals surface area contributed by atoms with Crippen LogP contribution in [0.25, 0.3) is 0 Å². The van der Waals surface area contributed by atoms with Crippen molar-refractivity contribution in [2.45, 2.75) is 38.1 Å². The Morgan fingerprint density at radius 2 is 1.70 bits per heavy atom. The van der Waals surface area contributed by atoms with Crippen LogP contribution in [0.5, 0.6) is 5.75 Å². The number of carbonyl (C=O) groups excluding carboxylic acids is 2. The molecular formula is C33H39N5O6S2. The van der Waals surface area contributed by atoms with E-state index in [1.165, 1.54) is 36.6 Å². The molecule has 3 aromatic carbocycles. The Hall–Kier alpha value is -4.30. The lowest BCUT2D eigenvalue weighted by molar-refractivity contribution is 0.0829. The lowest BCUT2D eigenvalue weighted by atomic mass is 10.0. The first-order valence-corrected chi connectivity index (χ1v) is 17.4. The molecule has 0 aliphatic carbocycles. The van der Waals surface area contributed by atoms with E-state index < -0.39 is 34.0 Å². The Bertz CT molecular complexity index is 1720. The van der Waals surface area contributed by atoms with Gasteiger partial charge in [-0.05, 0) is 48.4 Å². The molecule has 0 saturated carbocycles. The quantitative estimate of drug-likeness (QED) is 0.151. The van der Waals surface area contributed by atoms with Crippen molar-refractivity contribution in [3.8, 4) is 5.75 Å². The molecule has 1 aromatic heterocycles. The average molecular weight is 666 g/mol. The van der Waals surface area contributed by atoms with Crippen LogP contribution in [0.3, 0.4) is 0 Å². The van der Waals surface area contributed by atoms with Crippen LogP contribution in [0.4, 0.5) is 5.69 Å². The number of amides is 2. The van der Waals surface area contributed by atoms with E-state index in [4.69, 9.17) is 4.74 Å². The molecule has 4 aromatic rings. The van der Waals surface area contributed by atoms with Crippen molar-refractivity contribution in [2.24, 2.45) is 0 Å². The van der Waals surface area contributed by atoms with Gasteiger partial charge in [-0.25, -0.2) is 13.4 Å². The van der Waals surface area contributed by atoms with E-state index in [2.05, 4.69) is 20.9 Å². The lowest BCUT2D eigenvalue weighted by Crippen LogP contribution is -2.48. The van der Waals surface area contributed by atoms with E-state index >= 15 is 0 Å². The van der Waals surface area contributed by atoms with E-state index in [0.29, 0.717) is 12.2 Å². The van der Waals surface area contributed by atoms with Crippen molar-refractivity contribution in [2.75, 3.05) is 31.3 Å². The maximum atomic E-state index is 13.7. The summed E-state index contributed by atoms with van der Waals surface area (Å²) in [5, 5.41) is 22.1. The fraction of sp³-hybridized carbons (Fsp3) is 0.303. The van der Waals surface area contributed by atoms with Crippen LogP contribution >= 0.6 is 11.3 Å². The first-order chi connectivity index (χ1) is 21.9. The van der Waals surface area contributed by atoms with Crippen LogP contribution in [0.15, 0.2) is 83.7 Å². The largest absolute Gasteiger partial charge is 0.497 e. The summed E-state index contributed by atoms with van der Waals surface area (Å²) in [6, 6.07) is 20.1. The summed E-state index contributed by atoms with van der Waals surface area (Å²) < 4.78 is 31.1. The Balaban J connectivity index is 1.56. The van der Waals surface area contributed by atoms with Crippen molar-refractivity contribution < 1.29 is 27.9 Å². The molecule has 0 radical (unpaired) electrons. The minimum atomic E-state index is -3.71. The first kappa shape index (κ1) is 34.6. The summed E-state index contributed by atoms with van der Waals surface area (Å²) >= 11 is 1.40. The van der Waals surface area contributed by atoms with Crippen LogP contribution in [0.2, 0.25) is 0 Å². The molecular weight excluding hydrogens is 627 g/mol. The summed E-state index contributed by atoms with van der Waals surface area (Å²) in [5.74, 6) is -0.337. The highest BCUT2D eigenvalue weighted by Gasteiger charge is 2.25. The third kappa shape index (κ3) is 9.60. The highest BCUT2D eigenvalue weighted by atomic mass is 32.2. The number of anilines is 1. The monoisotopic (exact) mass is 665 g/mol. The van der Waals surface area contributed by atoms with Gasteiger partial charge in [-0.2, -0.15) is 0 Å². The van der Waals surface area contributed by atoms with E-state index in [1.54, 1.807) is 12.6 Å². The first-order valence-electron chi connectivity index (χ1n) is 14.6. The van der Waals surface area contributed by atoms with Gasteiger partial charge < -0.3 is 25.8 Å². The van der Waals surface area contributed by atoms with Gasteiger partial charge in [0.1, 0.15) is 5.75 Å². The smallest absolute Gasteiger partial charge is 0.251 e. The lowest BCUT2D eigenvalue weighted by Gasteiger charge is -2.25. The number of carbonyl (C=O) groups is 2. The maximum absolute atomic E-state index is 13.7. The number of aromatic nitrogens is 1. The van der Waals surface area contributed by atoms with Crippen LogP contribution in [-0.2, 0) is 23.0 Å². The number of ether oxygens (including phenoxy) is 1. The average Bonchev–Trinajstić information content (AvgIpc) is 3.57. The highest BCUT2D eigenvalue weighted by molar-refractivity contribution is 7.92. The van der Waals surface area contributed by atoms with Crippen molar-refractivity contribution in [1.29, 1.82) is 0 Å². The molecule has 2 amide bonds. The molecule has 0 unspecified atom stereocenters. The molecule has 0 aliphatic heterocycles. The molecule has 0 aliphatic rings. The number of benzene rings is 3. The predicted molar refractivity (Wildman–Crippen MR) is 180 cm³/mol. The molecule has 1 heterocycles. The molecule has 244 valence electrons. The van der Waals surface area contributed by atoms with Gasteiger partial charge in [-0.1, -0.05) is 42.5 Å². The number of methoxy groups -OCH3 is 1. The minimum Gasteiger partial charge on any atom is -0.497 e. The Morgan fingerprint density at radius 3 is 2.33 bits per heavy atom. The van der Waals surface area contributed by atoms with E-state index in [0.717, 1.165) is 27.4 Å². The molecule has 0 fully saturated rings. The fourth-order valence-electron chi connectivity index (χ4n) is 4.74. The van der Waals surface area contributed by atoms with Gasteiger partial charge in [0, 0.05) is 43.1 Å². The Morgan fingerprint density at radius 1 is 1.00 bits per heavy atom. The molecule has 4 rings (SSSR count). The van der Waals surface area contributed by atoms with Gasteiger partial charge in [-0.3, -0.25) is 13.9 Å². The number of hydrogen-bond acceptors (Lipinski definition) is 9. The summed E-state index contributed by atoms with van der Waals surface area (Å²) in [5.41, 5.74) is 4.53. The van der Waals surface area contributed by atoms with Crippen molar-refractivity contribution in [1.82, 2.24) is 20.9 Å². The number of rotatable bonds is 15. The minimum absolute atomic E-state index is 0.0605. The second-order valence-electron chi connectivity index (χ2n) is 10.9. The highest BCUT2D eigenvalue weighted by Crippen LogP contribution is 2.22. The van der Waals surface area contributed by atoms with Crippen LogP contribution < -0.4 is 25.0 Å². The zero-order valence-electron chi connectivity index (χ0n) is 26.1. The van der Waals surface area contributed by atoms with Gasteiger partial charge in [-0.15, -0.1) is 11.3 Å². The molecule has 13 heteroatoms. The van der Waals surface area contributed by atoms with Gasteiger partial charge in [0.05, 0.1) is 48.4 Å². The number of nitrogens with one attached hydrogen (secondary N) is 3. The zero-order valence-corrected chi connectivity index (χ0v) is 27.8. The summed E-state index contributed by atoms with van der Waals surface area (Å²) in [4.78, 5) is 31.4. The molecule has 0 spiro atoms. The van der Waals surface area contributed by atoms with E-state index in [9.17, 15) is 23.1 Å². The topological polar surface area (TPSA) is 150 Å². The Kier molecular flexibility index (Phi) is 11.9. The number of nitrogens with zero attached hydrogens (tertiary/aromatic N) is 2. The number of thiazole rings is 1. The number of hydrogen-bond donors (Lipinski definition) is 4. The van der Waals surface area contributed by atoms with Crippen LogP contribution in [0.1, 0.15) is 50.5 Å². The number of aliphatic hydroxyl groups excluding tert-OH is 1. The second-order valence-corrected chi connectivity index (χ2v) is 13.7. The van der Waals surface area contributed by atoms with Crippen molar-refractivity contribution in [3.05, 3.63) is 112 Å². The van der Waals surface area contributed by atoms with Crippen LogP contribution in [-0.4, -0.2) is 69.4 Å². The molecule has 11 nitrogen and oxygen atoms in total. The third-order valence-corrected chi connectivity index (χ3v) is 9.30. The second kappa shape index (κ2) is 15.8. The van der Waals surface area contributed by atoms with Gasteiger partial charge >= 0.3 is 0 Å². The number of aliphatic hydroxyl groups is 1. The normalized spacial score (nSPS) is 13.3. The Labute approximate surface area is 273 Å². The summed E-state index contributed by atoms with van der Waals surface area (Å²) in [6.07, 6.45) is 0.283. The number of sulfonamides is 1. The standard InChI is InChI=1S/C33H39N5O6S2/c1-22(24-10-6-5-7-11-24)36-32(40)25-14-26(16-28(15-25)38(2)46(4,42)43)33(41)37-30(17-27-20-45-21-35-27)31(39)19-34-18-23-9-8-12-29(13-23)44-3/h5-16,20-22,30-31,34,39H,17-19H2,1-4H3,(H,36,40)(H,37,41)/t22-,30+,31-/m1/s1. The van der Waals surface area contributed by atoms with Crippen LogP contribution in [0, 0.1) is 0 Å². The SMILES string of the molecule is COc1cccc(CNC[C@@H](O)[C@H](Cc2cscn2)NC(=O)c2cc(C(=O)N[C@H](C)c3ccccc3)cc(N(C)S(C)(=O)=O)c2)c1. The molecule has 4 N–H and O–H groups in total. The van der Waals surface area contributed by atoms with Gasteiger partial charge in [0.15, 0.2) is 0 Å². The molecule has 0 saturated heterocycles. The summed E-state index contributed by atoms with van der Waals surface area (Å²) in [6.45, 7) is 2.46. The van der Waals surface area contributed by atoms with Gasteiger partial charge in [0.2, 0.25) is 10.0 Å². The molecule has 3 atom stereocenters.